The molecule has 4 heteroatoms. The summed E-state index contributed by atoms with van der Waals surface area (Å²) in [6.45, 7) is 2.46. The number of rotatable bonds is 5. The molecule has 4 nitrogen and oxygen atoms in total. The van der Waals surface area contributed by atoms with E-state index in [1.807, 2.05) is 0 Å². The number of carbonyl (C=O) groups is 1. The molecule has 0 spiro atoms. The fourth-order valence-corrected chi connectivity index (χ4v) is 3.11. The van der Waals surface area contributed by atoms with Crippen molar-refractivity contribution in [3.05, 3.63) is 0 Å². The molecular formula is C12H22N2O2. The second-order valence-corrected chi connectivity index (χ2v) is 5.03. The summed E-state index contributed by atoms with van der Waals surface area (Å²) < 4.78 is 4.90. The van der Waals surface area contributed by atoms with Gasteiger partial charge in [0.05, 0.1) is 6.61 Å². The second kappa shape index (κ2) is 5.15. The van der Waals surface area contributed by atoms with Gasteiger partial charge in [0.25, 0.3) is 0 Å². The molecule has 1 aliphatic carbocycles. The molecule has 1 heterocycles. The Balaban J connectivity index is 1.78. The van der Waals surface area contributed by atoms with Gasteiger partial charge >= 0.3 is 0 Å². The van der Waals surface area contributed by atoms with Crippen molar-refractivity contribution in [2.45, 2.75) is 38.1 Å². The van der Waals surface area contributed by atoms with E-state index in [-0.39, 0.29) is 5.91 Å². The van der Waals surface area contributed by atoms with Gasteiger partial charge in [0, 0.05) is 31.5 Å². The lowest BCUT2D eigenvalue weighted by Gasteiger charge is -2.28. The first-order valence-electron chi connectivity index (χ1n) is 6.26. The molecule has 0 aromatic carbocycles. The van der Waals surface area contributed by atoms with Gasteiger partial charge in [-0.25, -0.2) is 0 Å². The van der Waals surface area contributed by atoms with Crippen LogP contribution in [0.4, 0.5) is 0 Å². The zero-order valence-electron chi connectivity index (χ0n) is 10.1. The number of methoxy groups -OCH3 is 1. The lowest BCUT2D eigenvalue weighted by molar-refractivity contribution is -0.122. The smallest absolute Gasteiger partial charge is 0.222 e. The quantitative estimate of drug-likeness (QED) is 0.724. The predicted molar refractivity (Wildman–Crippen MR) is 62.2 cm³/mol. The van der Waals surface area contributed by atoms with E-state index in [1.54, 1.807) is 7.11 Å². The third-order valence-corrected chi connectivity index (χ3v) is 4.09. The van der Waals surface area contributed by atoms with E-state index in [1.165, 1.54) is 25.7 Å². The molecule has 2 N–H and O–H groups in total. The number of fused-ring (bicyclic) bond motifs is 1. The Morgan fingerprint density at radius 3 is 3.25 bits per heavy atom. The van der Waals surface area contributed by atoms with Crippen molar-refractivity contribution in [1.29, 1.82) is 0 Å². The van der Waals surface area contributed by atoms with Crippen LogP contribution in [0, 0.1) is 5.41 Å². The number of hydrogen-bond donors (Lipinski definition) is 2. The molecule has 2 fully saturated rings. The van der Waals surface area contributed by atoms with Gasteiger partial charge in [-0.3, -0.25) is 4.79 Å². The maximum atomic E-state index is 11.5. The summed E-state index contributed by atoms with van der Waals surface area (Å²) in [6, 6.07) is 0.634. The zero-order valence-corrected chi connectivity index (χ0v) is 10.1. The van der Waals surface area contributed by atoms with Crippen LogP contribution in [0.5, 0.6) is 0 Å². The van der Waals surface area contributed by atoms with Crippen LogP contribution in [0.25, 0.3) is 0 Å². The number of hydrogen-bond acceptors (Lipinski definition) is 3. The molecule has 2 rings (SSSR count). The lowest BCUT2D eigenvalue weighted by Crippen LogP contribution is -2.42. The van der Waals surface area contributed by atoms with Crippen molar-refractivity contribution >= 4 is 5.91 Å². The van der Waals surface area contributed by atoms with E-state index in [2.05, 4.69) is 10.6 Å². The Bertz CT molecular complexity index is 245. The third-order valence-electron chi connectivity index (χ3n) is 4.09. The van der Waals surface area contributed by atoms with Gasteiger partial charge in [-0.2, -0.15) is 0 Å². The number of carbonyl (C=O) groups excluding carboxylic acids is 1. The van der Waals surface area contributed by atoms with Crippen LogP contribution in [0.2, 0.25) is 0 Å². The first-order valence-corrected chi connectivity index (χ1v) is 6.26. The highest BCUT2D eigenvalue weighted by Gasteiger charge is 2.45. The lowest BCUT2D eigenvalue weighted by atomic mass is 9.82. The third kappa shape index (κ3) is 2.38. The van der Waals surface area contributed by atoms with Crippen LogP contribution >= 0.6 is 0 Å². The zero-order chi connectivity index (χ0) is 11.4. The van der Waals surface area contributed by atoms with Crippen molar-refractivity contribution in [3.63, 3.8) is 0 Å². The molecule has 0 aromatic rings. The number of amides is 1. The minimum Gasteiger partial charge on any atom is -0.384 e. The average Bonchev–Trinajstić information content (AvgIpc) is 2.82. The summed E-state index contributed by atoms with van der Waals surface area (Å²) in [6.07, 6.45) is 5.52. The van der Waals surface area contributed by atoms with Crippen molar-refractivity contribution in [2.75, 3.05) is 26.8 Å². The van der Waals surface area contributed by atoms with E-state index in [9.17, 15) is 4.79 Å². The second-order valence-electron chi connectivity index (χ2n) is 5.03. The van der Waals surface area contributed by atoms with E-state index in [0.29, 0.717) is 24.5 Å². The Labute approximate surface area is 97.1 Å². The Morgan fingerprint density at radius 1 is 1.56 bits per heavy atom. The van der Waals surface area contributed by atoms with Gasteiger partial charge in [0.2, 0.25) is 5.91 Å². The molecule has 16 heavy (non-hydrogen) atoms. The largest absolute Gasteiger partial charge is 0.384 e. The summed E-state index contributed by atoms with van der Waals surface area (Å²) in [4.78, 5) is 11.5. The molecule has 0 aromatic heterocycles. The highest BCUT2D eigenvalue weighted by molar-refractivity contribution is 5.76. The van der Waals surface area contributed by atoms with Crippen molar-refractivity contribution in [2.24, 2.45) is 5.41 Å². The van der Waals surface area contributed by atoms with E-state index in [4.69, 9.17) is 4.74 Å². The monoisotopic (exact) mass is 226 g/mol. The van der Waals surface area contributed by atoms with Gasteiger partial charge in [-0.15, -0.1) is 0 Å². The van der Waals surface area contributed by atoms with E-state index in [0.717, 1.165) is 13.1 Å². The molecule has 1 amide bonds. The van der Waals surface area contributed by atoms with Crippen molar-refractivity contribution in [3.8, 4) is 0 Å². The minimum absolute atomic E-state index is 0.119. The number of nitrogens with one attached hydrogen (secondary N) is 2. The summed E-state index contributed by atoms with van der Waals surface area (Å²) >= 11 is 0. The fourth-order valence-electron chi connectivity index (χ4n) is 3.11. The van der Waals surface area contributed by atoms with Crippen LogP contribution in [0.3, 0.4) is 0 Å². The average molecular weight is 226 g/mol. The molecular weight excluding hydrogens is 204 g/mol. The Hall–Kier alpha value is -0.610. The van der Waals surface area contributed by atoms with Crippen LogP contribution in [0.15, 0.2) is 0 Å². The molecule has 0 bridgehead atoms. The van der Waals surface area contributed by atoms with Gasteiger partial charge in [0.15, 0.2) is 0 Å². The maximum absolute atomic E-state index is 11.5. The molecule has 0 unspecified atom stereocenters. The van der Waals surface area contributed by atoms with Crippen LogP contribution in [-0.2, 0) is 9.53 Å². The SMILES string of the molecule is COCCC(=O)NC[C@]12CCC[C@H]1NCC2. The van der Waals surface area contributed by atoms with Gasteiger partial charge in [0.1, 0.15) is 0 Å². The first kappa shape index (κ1) is 11.9. The standard InChI is InChI=1S/C12H22N2O2/c1-16-8-4-11(15)14-9-12-5-2-3-10(12)13-7-6-12/h10,13H,2-9H2,1H3,(H,14,15)/t10-,12-/m1/s1. The van der Waals surface area contributed by atoms with E-state index < -0.39 is 0 Å². The minimum atomic E-state index is 0.119. The normalized spacial score (nSPS) is 32.7. The molecule has 2 aliphatic rings. The van der Waals surface area contributed by atoms with Crippen LogP contribution in [-0.4, -0.2) is 38.8 Å². The highest BCUT2D eigenvalue weighted by atomic mass is 16.5. The number of ether oxygens (including phenoxy) is 1. The molecule has 1 aliphatic heterocycles. The van der Waals surface area contributed by atoms with Gasteiger partial charge in [-0.1, -0.05) is 6.42 Å². The van der Waals surface area contributed by atoms with E-state index >= 15 is 0 Å². The molecule has 0 radical (unpaired) electrons. The fraction of sp³-hybridized carbons (Fsp3) is 0.917. The topological polar surface area (TPSA) is 50.4 Å². The summed E-state index contributed by atoms with van der Waals surface area (Å²) in [5.41, 5.74) is 0.350. The highest BCUT2D eigenvalue weighted by Crippen LogP contribution is 2.43. The van der Waals surface area contributed by atoms with Crippen LogP contribution in [0.1, 0.15) is 32.1 Å². The first-order chi connectivity index (χ1) is 7.77. The van der Waals surface area contributed by atoms with Crippen molar-refractivity contribution < 1.29 is 9.53 Å². The molecule has 1 saturated heterocycles. The Kier molecular flexibility index (Phi) is 3.82. The van der Waals surface area contributed by atoms with Gasteiger partial charge in [-0.05, 0) is 25.8 Å². The summed E-state index contributed by atoms with van der Waals surface area (Å²) in [7, 11) is 1.62. The van der Waals surface area contributed by atoms with Gasteiger partial charge < -0.3 is 15.4 Å². The molecule has 2 atom stereocenters. The molecule has 92 valence electrons. The van der Waals surface area contributed by atoms with Crippen LogP contribution < -0.4 is 10.6 Å². The molecule has 1 saturated carbocycles. The summed E-state index contributed by atoms with van der Waals surface area (Å²) in [5, 5.41) is 6.61. The van der Waals surface area contributed by atoms with Crippen molar-refractivity contribution in [1.82, 2.24) is 10.6 Å². The predicted octanol–water partition coefficient (Wildman–Crippen LogP) is 0.671. The maximum Gasteiger partial charge on any atom is 0.222 e. The Morgan fingerprint density at radius 2 is 2.44 bits per heavy atom. The summed E-state index contributed by atoms with van der Waals surface area (Å²) in [5.74, 6) is 0.119.